The number of hydrogen-bond donors (Lipinski definition) is 2. The lowest BCUT2D eigenvalue weighted by Gasteiger charge is -2.19. The van der Waals surface area contributed by atoms with Gasteiger partial charge in [0.25, 0.3) is 0 Å². The number of rotatable bonds is 3. The number of alkyl halides is 3. The highest BCUT2D eigenvalue weighted by Gasteiger charge is 2.35. The standard InChI is InChI=1S/C21H17F3N4O2/c22-21(23,24)15-7-1-2-8-16(15)27-20(30)26-14-11-18(29)28(12-14)17-9-3-5-13-6-4-10-25-19(13)17/h1-10,14H,11-12H2,(H2,26,27,30). The summed E-state index contributed by atoms with van der Waals surface area (Å²) >= 11 is 0. The monoisotopic (exact) mass is 414 g/mol. The molecule has 0 spiro atoms. The van der Waals surface area contributed by atoms with Crippen molar-refractivity contribution in [2.75, 3.05) is 16.8 Å². The summed E-state index contributed by atoms with van der Waals surface area (Å²) in [6.07, 6.45) is -2.92. The lowest BCUT2D eigenvalue weighted by atomic mass is 10.1. The minimum Gasteiger partial charge on any atom is -0.333 e. The molecule has 1 aliphatic rings. The summed E-state index contributed by atoms with van der Waals surface area (Å²) in [7, 11) is 0. The van der Waals surface area contributed by atoms with E-state index in [9.17, 15) is 22.8 Å². The van der Waals surface area contributed by atoms with Crippen LogP contribution in [0.4, 0.5) is 29.3 Å². The molecule has 1 fully saturated rings. The number of anilines is 2. The molecule has 0 bridgehead atoms. The zero-order valence-corrected chi connectivity index (χ0v) is 15.6. The summed E-state index contributed by atoms with van der Waals surface area (Å²) in [5.74, 6) is -0.200. The number of halogens is 3. The maximum atomic E-state index is 13.1. The van der Waals surface area contributed by atoms with Crippen molar-refractivity contribution < 1.29 is 22.8 Å². The second-order valence-corrected chi connectivity index (χ2v) is 6.90. The van der Waals surface area contributed by atoms with E-state index in [1.54, 1.807) is 18.3 Å². The third-order valence-electron chi connectivity index (χ3n) is 4.84. The van der Waals surface area contributed by atoms with E-state index >= 15 is 0 Å². The maximum Gasteiger partial charge on any atom is 0.418 e. The fourth-order valence-electron chi connectivity index (χ4n) is 3.53. The van der Waals surface area contributed by atoms with Gasteiger partial charge in [-0.05, 0) is 24.3 Å². The molecule has 30 heavy (non-hydrogen) atoms. The Balaban J connectivity index is 1.47. The quantitative estimate of drug-likeness (QED) is 0.675. The summed E-state index contributed by atoms with van der Waals surface area (Å²) in [6, 6.07) is 12.5. The Kier molecular flexibility index (Phi) is 5.03. The zero-order chi connectivity index (χ0) is 21.3. The predicted molar refractivity (Wildman–Crippen MR) is 106 cm³/mol. The van der Waals surface area contributed by atoms with Crippen LogP contribution in [0.3, 0.4) is 0 Å². The number of benzene rings is 2. The first kappa shape index (κ1) is 19.7. The molecule has 2 N–H and O–H groups in total. The molecule has 154 valence electrons. The summed E-state index contributed by atoms with van der Waals surface area (Å²) in [5.41, 5.74) is 0.0100. The van der Waals surface area contributed by atoms with Crippen LogP contribution in [0.15, 0.2) is 60.8 Å². The molecule has 9 heteroatoms. The summed E-state index contributed by atoms with van der Waals surface area (Å²) in [5, 5.41) is 5.69. The molecule has 2 heterocycles. The highest BCUT2D eigenvalue weighted by atomic mass is 19.4. The summed E-state index contributed by atoms with van der Waals surface area (Å²) in [6.45, 7) is 0.197. The van der Waals surface area contributed by atoms with E-state index in [0.717, 1.165) is 11.5 Å². The van der Waals surface area contributed by atoms with Gasteiger partial charge in [-0.15, -0.1) is 0 Å². The molecule has 3 amide bonds. The molecule has 1 aromatic heterocycles. The first-order valence-corrected chi connectivity index (χ1v) is 9.21. The Bertz CT molecular complexity index is 1110. The van der Waals surface area contributed by atoms with Gasteiger partial charge in [0.1, 0.15) is 0 Å². The van der Waals surface area contributed by atoms with Gasteiger partial charge in [-0.3, -0.25) is 9.78 Å². The van der Waals surface area contributed by atoms with Gasteiger partial charge in [0.05, 0.1) is 28.5 Å². The Labute approximate surface area is 169 Å². The Hall–Kier alpha value is -3.62. The highest BCUT2D eigenvalue weighted by molar-refractivity contribution is 6.04. The van der Waals surface area contributed by atoms with Crippen LogP contribution < -0.4 is 15.5 Å². The molecular formula is C21H17F3N4O2. The molecule has 1 saturated heterocycles. The molecule has 0 aliphatic carbocycles. The average molecular weight is 414 g/mol. The number of fused-ring (bicyclic) bond motifs is 1. The number of nitrogens with one attached hydrogen (secondary N) is 2. The molecule has 0 radical (unpaired) electrons. The van der Waals surface area contributed by atoms with Crippen LogP contribution in [0.1, 0.15) is 12.0 Å². The van der Waals surface area contributed by atoms with Crippen molar-refractivity contribution >= 4 is 34.2 Å². The Morgan fingerprint density at radius 1 is 1.07 bits per heavy atom. The lowest BCUT2D eigenvalue weighted by molar-refractivity contribution is -0.136. The molecule has 1 unspecified atom stereocenters. The first-order chi connectivity index (χ1) is 14.3. The second kappa shape index (κ2) is 7.66. The van der Waals surface area contributed by atoms with Crippen molar-refractivity contribution in [1.29, 1.82) is 0 Å². The molecule has 4 rings (SSSR count). The number of amides is 3. The van der Waals surface area contributed by atoms with Crippen LogP contribution in [-0.4, -0.2) is 29.5 Å². The fourth-order valence-corrected chi connectivity index (χ4v) is 3.53. The molecule has 2 aromatic carbocycles. The SMILES string of the molecule is O=C(Nc1ccccc1C(F)(F)F)NC1CC(=O)N(c2cccc3cccnc23)C1. The molecule has 1 atom stereocenters. The van der Waals surface area contributed by atoms with Gasteiger partial charge >= 0.3 is 12.2 Å². The number of urea groups is 1. The largest absolute Gasteiger partial charge is 0.418 e. The van der Waals surface area contributed by atoms with Crippen LogP contribution in [0.5, 0.6) is 0 Å². The molecule has 6 nitrogen and oxygen atoms in total. The zero-order valence-electron chi connectivity index (χ0n) is 15.6. The van der Waals surface area contributed by atoms with E-state index in [-0.39, 0.29) is 24.6 Å². The number of carbonyl (C=O) groups excluding carboxylic acids is 2. The minimum atomic E-state index is -4.59. The number of para-hydroxylation sites is 2. The third kappa shape index (κ3) is 3.91. The third-order valence-corrected chi connectivity index (χ3v) is 4.84. The average Bonchev–Trinajstić information content (AvgIpc) is 3.06. The minimum absolute atomic E-state index is 0.0392. The molecule has 1 aliphatic heterocycles. The topological polar surface area (TPSA) is 74.3 Å². The van der Waals surface area contributed by atoms with Crippen LogP contribution >= 0.6 is 0 Å². The second-order valence-electron chi connectivity index (χ2n) is 6.90. The van der Waals surface area contributed by atoms with Crippen LogP contribution in [0.25, 0.3) is 10.9 Å². The maximum absolute atomic E-state index is 13.1. The predicted octanol–water partition coefficient (Wildman–Crippen LogP) is 4.18. The number of hydrogen-bond acceptors (Lipinski definition) is 3. The normalized spacial score (nSPS) is 16.7. The van der Waals surface area contributed by atoms with E-state index in [1.807, 2.05) is 18.2 Å². The number of aromatic nitrogens is 1. The smallest absolute Gasteiger partial charge is 0.333 e. The van der Waals surface area contributed by atoms with Crippen molar-refractivity contribution in [3.63, 3.8) is 0 Å². The van der Waals surface area contributed by atoms with E-state index in [2.05, 4.69) is 15.6 Å². The molecule has 3 aromatic rings. The fraction of sp³-hybridized carbons (Fsp3) is 0.190. The van der Waals surface area contributed by atoms with Crippen LogP contribution in [0, 0.1) is 0 Å². The lowest BCUT2D eigenvalue weighted by Crippen LogP contribution is -2.40. The van der Waals surface area contributed by atoms with Gasteiger partial charge < -0.3 is 15.5 Å². The van der Waals surface area contributed by atoms with E-state index in [1.165, 1.54) is 23.1 Å². The van der Waals surface area contributed by atoms with Gasteiger partial charge in [-0.2, -0.15) is 13.2 Å². The van der Waals surface area contributed by atoms with Gasteiger partial charge in [0.2, 0.25) is 5.91 Å². The van der Waals surface area contributed by atoms with Crippen molar-refractivity contribution in [2.45, 2.75) is 18.6 Å². The first-order valence-electron chi connectivity index (χ1n) is 9.21. The van der Waals surface area contributed by atoms with E-state index < -0.39 is 23.8 Å². The van der Waals surface area contributed by atoms with Gasteiger partial charge in [0.15, 0.2) is 0 Å². The summed E-state index contributed by atoms with van der Waals surface area (Å²) < 4.78 is 39.3. The van der Waals surface area contributed by atoms with Crippen LogP contribution in [-0.2, 0) is 11.0 Å². The van der Waals surface area contributed by atoms with Crippen molar-refractivity contribution in [3.05, 3.63) is 66.4 Å². The number of pyridine rings is 1. The van der Waals surface area contributed by atoms with E-state index in [4.69, 9.17) is 0 Å². The van der Waals surface area contributed by atoms with Gasteiger partial charge in [-0.1, -0.05) is 30.3 Å². The van der Waals surface area contributed by atoms with E-state index in [0.29, 0.717) is 11.2 Å². The van der Waals surface area contributed by atoms with Crippen molar-refractivity contribution in [1.82, 2.24) is 10.3 Å². The Morgan fingerprint density at radius 3 is 2.63 bits per heavy atom. The highest BCUT2D eigenvalue weighted by Crippen LogP contribution is 2.34. The van der Waals surface area contributed by atoms with Gasteiger partial charge in [-0.25, -0.2) is 4.79 Å². The van der Waals surface area contributed by atoms with Gasteiger partial charge in [0, 0.05) is 24.5 Å². The Morgan fingerprint density at radius 2 is 1.83 bits per heavy atom. The van der Waals surface area contributed by atoms with Crippen molar-refractivity contribution in [2.24, 2.45) is 0 Å². The van der Waals surface area contributed by atoms with Crippen LogP contribution in [0.2, 0.25) is 0 Å². The number of nitrogens with zero attached hydrogens (tertiary/aromatic N) is 2. The molecular weight excluding hydrogens is 397 g/mol. The number of carbonyl (C=O) groups is 2. The summed E-state index contributed by atoms with van der Waals surface area (Å²) in [4.78, 5) is 30.7. The van der Waals surface area contributed by atoms with Crippen molar-refractivity contribution in [3.8, 4) is 0 Å². The molecule has 0 saturated carbocycles.